The van der Waals surface area contributed by atoms with Gasteiger partial charge in [0.2, 0.25) is 0 Å². The third kappa shape index (κ3) is 2.01. The van der Waals surface area contributed by atoms with Crippen LogP contribution in [-0.4, -0.2) is 33.0 Å². The van der Waals surface area contributed by atoms with Crippen molar-refractivity contribution in [2.24, 2.45) is 10.8 Å². The minimum Gasteiger partial charge on any atom is -0.363 e. The van der Waals surface area contributed by atoms with Gasteiger partial charge in [0.1, 0.15) is 0 Å². The van der Waals surface area contributed by atoms with Gasteiger partial charge in [0.15, 0.2) is 0 Å². The summed E-state index contributed by atoms with van der Waals surface area (Å²) in [5, 5.41) is 0. The van der Waals surface area contributed by atoms with Crippen molar-refractivity contribution in [1.82, 2.24) is 9.80 Å². The van der Waals surface area contributed by atoms with Gasteiger partial charge in [-0.1, -0.05) is 40.5 Å². The number of hydrogen-bond donors (Lipinski definition) is 0. The molecule has 1 aliphatic carbocycles. The first-order chi connectivity index (χ1) is 10.9. The molecule has 0 aromatic heterocycles. The van der Waals surface area contributed by atoms with Gasteiger partial charge in [0, 0.05) is 45.4 Å². The van der Waals surface area contributed by atoms with Crippen LogP contribution in [0.1, 0.15) is 93.9 Å². The van der Waals surface area contributed by atoms with E-state index in [0.717, 1.165) is 12.1 Å². The maximum absolute atomic E-state index is 2.92. The lowest BCUT2D eigenvalue weighted by Crippen LogP contribution is -2.63. The summed E-state index contributed by atoms with van der Waals surface area (Å²) in [6.45, 7) is 20.0. The first-order valence-corrected chi connectivity index (χ1v) is 10.2. The zero-order chi connectivity index (χ0) is 17.7. The Bertz CT molecular complexity index is 541. The summed E-state index contributed by atoms with van der Waals surface area (Å²) in [7, 11) is 0. The normalized spacial score (nSPS) is 38.0. The van der Waals surface area contributed by atoms with Gasteiger partial charge in [-0.25, -0.2) is 0 Å². The van der Waals surface area contributed by atoms with Gasteiger partial charge in [-0.2, -0.15) is 0 Å². The summed E-state index contributed by atoms with van der Waals surface area (Å²) in [6, 6.07) is 1.45. The van der Waals surface area contributed by atoms with Gasteiger partial charge in [0.25, 0.3) is 0 Å². The smallest absolute Gasteiger partial charge is 0.0496 e. The predicted molar refractivity (Wildman–Crippen MR) is 102 cm³/mol. The van der Waals surface area contributed by atoms with Gasteiger partial charge in [-0.05, 0) is 53.4 Å². The minimum absolute atomic E-state index is 0.289. The molecule has 2 saturated heterocycles. The Morgan fingerprint density at radius 1 is 0.625 bits per heavy atom. The van der Waals surface area contributed by atoms with Crippen LogP contribution in [0.5, 0.6) is 0 Å². The van der Waals surface area contributed by atoms with Crippen LogP contribution in [0.2, 0.25) is 0 Å². The SMILES string of the molecule is CC1(C)CC(C)(C)N2C1=C1N([C@@H]3CCCC[C@H]32)C(C)(C)CC1(C)C. The van der Waals surface area contributed by atoms with Crippen molar-refractivity contribution >= 4 is 0 Å². The van der Waals surface area contributed by atoms with Gasteiger partial charge in [-0.15, -0.1) is 0 Å². The first kappa shape index (κ1) is 16.8. The van der Waals surface area contributed by atoms with Gasteiger partial charge >= 0.3 is 0 Å². The maximum Gasteiger partial charge on any atom is 0.0496 e. The fraction of sp³-hybridized carbons (Fsp3) is 0.909. The first-order valence-electron chi connectivity index (χ1n) is 10.2. The Labute approximate surface area is 149 Å². The summed E-state index contributed by atoms with van der Waals surface area (Å²) >= 11 is 0. The average Bonchev–Trinajstić information content (AvgIpc) is 2.73. The van der Waals surface area contributed by atoms with Gasteiger partial charge in [0.05, 0.1) is 0 Å². The van der Waals surface area contributed by atoms with Crippen molar-refractivity contribution in [3.8, 4) is 0 Å². The number of allylic oxidation sites excluding steroid dienone is 2. The minimum atomic E-state index is 0.289. The van der Waals surface area contributed by atoms with Crippen LogP contribution < -0.4 is 0 Å². The highest BCUT2D eigenvalue weighted by atomic mass is 15.4. The highest BCUT2D eigenvalue weighted by molar-refractivity contribution is 5.39. The molecule has 3 fully saturated rings. The number of fused-ring (bicyclic) bond motifs is 5. The molecule has 4 aliphatic rings. The lowest BCUT2D eigenvalue weighted by molar-refractivity contribution is -0.00752. The molecular formula is C22H38N2. The topological polar surface area (TPSA) is 6.48 Å². The monoisotopic (exact) mass is 330 g/mol. The molecule has 0 N–H and O–H groups in total. The Hall–Kier alpha value is -0.660. The summed E-state index contributed by atoms with van der Waals surface area (Å²) < 4.78 is 0. The van der Waals surface area contributed by atoms with E-state index in [1.54, 1.807) is 11.4 Å². The Kier molecular flexibility index (Phi) is 3.18. The molecule has 0 amide bonds. The lowest BCUT2D eigenvalue weighted by atomic mass is 9.77. The molecule has 136 valence electrons. The van der Waals surface area contributed by atoms with Crippen molar-refractivity contribution in [3.63, 3.8) is 0 Å². The molecule has 0 bridgehead atoms. The van der Waals surface area contributed by atoms with Crippen LogP contribution in [0.25, 0.3) is 0 Å². The molecule has 24 heavy (non-hydrogen) atoms. The van der Waals surface area contributed by atoms with E-state index in [9.17, 15) is 0 Å². The van der Waals surface area contributed by atoms with Crippen molar-refractivity contribution < 1.29 is 0 Å². The molecule has 0 unspecified atom stereocenters. The molecule has 1 saturated carbocycles. The van der Waals surface area contributed by atoms with Crippen LogP contribution >= 0.6 is 0 Å². The Morgan fingerprint density at radius 3 is 1.29 bits per heavy atom. The van der Waals surface area contributed by atoms with Gasteiger partial charge in [-0.3, -0.25) is 0 Å². The summed E-state index contributed by atoms with van der Waals surface area (Å²) in [5.74, 6) is 0. The summed E-state index contributed by atoms with van der Waals surface area (Å²) in [4.78, 5) is 5.84. The van der Waals surface area contributed by atoms with Crippen molar-refractivity contribution in [1.29, 1.82) is 0 Å². The Morgan fingerprint density at radius 2 is 0.958 bits per heavy atom. The fourth-order valence-corrected chi connectivity index (χ4v) is 7.55. The number of rotatable bonds is 0. The average molecular weight is 331 g/mol. The molecule has 4 rings (SSSR count). The lowest BCUT2D eigenvalue weighted by Gasteiger charge is -2.58. The molecule has 3 heterocycles. The highest BCUT2D eigenvalue weighted by Crippen LogP contribution is 2.63. The highest BCUT2D eigenvalue weighted by Gasteiger charge is 2.62. The molecular weight excluding hydrogens is 292 g/mol. The molecule has 0 aromatic rings. The van der Waals surface area contributed by atoms with Crippen molar-refractivity contribution in [2.45, 2.75) is 117 Å². The van der Waals surface area contributed by atoms with Crippen LogP contribution in [-0.2, 0) is 0 Å². The number of hydrogen-bond acceptors (Lipinski definition) is 2. The van der Waals surface area contributed by atoms with E-state index in [-0.39, 0.29) is 10.8 Å². The van der Waals surface area contributed by atoms with E-state index < -0.39 is 0 Å². The molecule has 2 atom stereocenters. The largest absolute Gasteiger partial charge is 0.363 e. The molecule has 0 aromatic carbocycles. The second-order valence-corrected chi connectivity index (χ2v) is 11.6. The third-order valence-corrected chi connectivity index (χ3v) is 7.40. The molecule has 0 spiro atoms. The van der Waals surface area contributed by atoms with Crippen LogP contribution in [0.15, 0.2) is 11.4 Å². The molecule has 2 heteroatoms. The second-order valence-electron chi connectivity index (χ2n) is 11.6. The Balaban J connectivity index is 2.00. The van der Waals surface area contributed by atoms with Crippen LogP contribution in [0, 0.1) is 10.8 Å². The zero-order valence-electron chi connectivity index (χ0n) is 17.3. The van der Waals surface area contributed by atoms with Crippen molar-refractivity contribution in [3.05, 3.63) is 11.4 Å². The standard InChI is InChI=1S/C22H38N2/c1-19(2)13-21(5,6)23-15-11-9-10-12-16(15)24-18(17(19)23)20(3,4)14-22(24,7)8/h15-16H,9-14H2,1-8H3/t15-,16-/m1/s1. The van der Waals surface area contributed by atoms with Crippen LogP contribution in [0.4, 0.5) is 0 Å². The van der Waals surface area contributed by atoms with E-state index >= 15 is 0 Å². The van der Waals surface area contributed by atoms with E-state index in [1.165, 1.54) is 38.5 Å². The van der Waals surface area contributed by atoms with Crippen molar-refractivity contribution in [2.75, 3.05) is 0 Å². The van der Waals surface area contributed by atoms with E-state index in [0.29, 0.717) is 11.1 Å². The van der Waals surface area contributed by atoms with Crippen LogP contribution in [0.3, 0.4) is 0 Å². The zero-order valence-corrected chi connectivity index (χ0v) is 17.3. The molecule has 3 aliphatic heterocycles. The quantitative estimate of drug-likeness (QED) is 0.575. The summed E-state index contributed by atoms with van der Waals surface area (Å²) in [5.41, 5.74) is 4.56. The number of nitrogens with zero attached hydrogens (tertiary/aromatic N) is 2. The predicted octanol–water partition coefficient (Wildman–Crippen LogP) is 5.54. The fourth-order valence-electron chi connectivity index (χ4n) is 7.55. The van der Waals surface area contributed by atoms with Gasteiger partial charge < -0.3 is 9.80 Å². The summed E-state index contributed by atoms with van der Waals surface area (Å²) in [6.07, 6.45) is 8.16. The maximum atomic E-state index is 2.92. The molecule has 2 nitrogen and oxygen atoms in total. The van der Waals surface area contributed by atoms with E-state index in [2.05, 4.69) is 65.2 Å². The second kappa shape index (κ2) is 4.54. The third-order valence-electron chi connectivity index (χ3n) is 7.40. The van der Waals surface area contributed by atoms with E-state index in [1.807, 2.05) is 0 Å². The molecule has 0 radical (unpaired) electrons. The van der Waals surface area contributed by atoms with E-state index in [4.69, 9.17) is 0 Å².